The molecule has 0 aromatic heterocycles. The van der Waals surface area contributed by atoms with E-state index in [1.54, 1.807) is 43.5 Å². The van der Waals surface area contributed by atoms with Crippen molar-refractivity contribution in [3.63, 3.8) is 0 Å². The molecule has 0 bridgehead atoms. The number of methoxy groups -OCH3 is 1. The van der Waals surface area contributed by atoms with E-state index in [0.29, 0.717) is 46.7 Å². The molecule has 0 atom stereocenters. The summed E-state index contributed by atoms with van der Waals surface area (Å²) in [5.41, 5.74) is 0.991. The van der Waals surface area contributed by atoms with Crippen LogP contribution in [-0.4, -0.2) is 26.2 Å². The van der Waals surface area contributed by atoms with E-state index in [1.807, 2.05) is 0 Å². The van der Waals surface area contributed by atoms with Crippen molar-refractivity contribution in [2.45, 2.75) is 6.42 Å². The zero-order chi connectivity index (χ0) is 16.2. The van der Waals surface area contributed by atoms with E-state index in [1.165, 1.54) is 0 Å². The monoisotopic (exact) mass is 333 g/mol. The molecule has 3 rings (SSSR count). The molecule has 0 aliphatic carbocycles. The number of carbonyl (C=O) groups is 1. The maximum Gasteiger partial charge on any atom is 0.255 e. The van der Waals surface area contributed by atoms with Crippen LogP contribution in [0.5, 0.6) is 17.2 Å². The first-order valence-corrected chi connectivity index (χ1v) is 7.60. The summed E-state index contributed by atoms with van der Waals surface area (Å²) >= 11 is 6.14. The summed E-state index contributed by atoms with van der Waals surface area (Å²) in [7, 11) is 1.56. The van der Waals surface area contributed by atoms with E-state index in [4.69, 9.17) is 25.8 Å². The predicted octanol–water partition coefficient (Wildman–Crippen LogP) is 3.76. The molecule has 1 aliphatic heterocycles. The van der Waals surface area contributed by atoms with Crippen molar-refractivity contribution >= 4 is 23.2 Å². The number of carbonyl (C=O) groups excluding carboxylic acids is 1. The Bertz CT molecular complexity index is 733. The van der Waals surface area contributed by atoms with Crippen LogP contribution < -0.4 is 19.5 Å². The zero-order valence-corrected chi connectivity index (χ0v) is 13.4. The normalized spacial score (nSPS) is 13.1. The van der Waals surface area contributed by atoms with Crippen molar-refractivity contribution in [2.24, 2.45) is 0 Å². The van der Waals surface area contributed by atoms with E-state index in [-0.39, 0.29) is 5.91 Å². The van der Waals surface area contributed by atoms with Gasteiger partial charge in [0.05, 0.1) is 31.0 Å². The Morgan fingerprint density at radius 1 is 1.13 bits per heavy atom. The molecule has 5 nitrogen and oxygen atoms in total. The summed E-state index contributed by atoms with van der Waals surface area (Å²) in [6.45, 7) is 1.18. The molecule has 1 amide bonds. The van der Waals surface area contributed by atoms with Crippen LogP contribution in [0.2, 0.25) is 5.02 Å². The molecule has 1 N–H and O–H groups in total. The standard InChI is InChI=1S/C17H16ClNO4/c1-21-12-4-5-14(13(18)10-12)19-17(20)11-3-6-15-16(9-11)23-8-2-7-22-15/h3-6,9-10H,2,7-8H2,1H3,(H,19,20). The average Bonchev–Trinajstić information content (AvgIpc) is 2.81. The van der Waals surface area contributed by atoms with Crippen molar-refractivity contribution in [3.05, 3.63) is 47.0 Å². The molecule has 0 saturated carbocycles. The molecule has 0 unspecified atom stereocenters. The lowest BCUT2D eigenvalue weighted by atomic mass is 10.2. The lowest BCUT2D eigenvalue weighted by molar-refractivity contribution is 0.102. The summed E-state index contributed by atoms with van der Waals surface area (Å²) in [5.74, 6) is 1.59. The number of ether oxygens (including phenoxy) is 3. The number of fused-ring (bicyclic) bond motifs is 1. The number of halogens is 1. The van der Waals surface area contributed by atoms with Crippen molar-refractivity contribution in [3.8, 4) is 17.2 Å². The predicted molar refractivity (Wildman–Crippen MR) is 88.0 cm³/mol. The molecule has 0 radical (unpaired) electrons. The van der Waals surface area contributed by atoms with Crippen LogP contribution in [0.3, 0.4) is 0 Å². The van der Waals surface area contributed by atoms with Crippen LogP contribution in [0.1, 0.15) is 16.8 Å². The largest absolute Gasteiger partial charge is 0.497 e. The first-order valence-electron chi connectivity index (χ1n) is 7.22. The first-order chi connectivity index (χ1) is 11.2. The molecule has 1 heterocycles. The fourth-order valence-corrected chi connectivity index (χ4v) is 2.44. The molecule has 23 heavy (non-hydrogen) atoms. The van der Waals surface area contributed by atoms with Gasteiger partial charge >= 0.3 is 0 Å². The Morgan fingerprint density at radius 3 is 2.65 bits per heavy atom. The number of hydrogen-bond donors (Lipinski definition) is 1. The van der Waals surface area contributed by atoms with Gasteiger partial charge in [0.1, 0.15) is 5.75 Å². The summed E-state index contributed by atoms with van der Waals surface area (Å²) in [5, 5.41) is 3.19. The van der Waals surface area contributed by atoms with Crippen LogP contribution in [-0.2, 0) is 0 Å². The number of hydrogen-bond acceptors (Lipinski definition) is 4. The van der Waals surface area contributed by atoms with E-state index in [9.17, 15) is 4.79 Å². The highest BCUT2D eigenvalue weighted by atomic mass is 35.5. The molecule has 6 heteroatoms. The summed E-state index contributed by atoms with van der Waals surface area (Å²) in [4.78, 5) is 12.4. The van der Waals surface area contributed by atoms with Crippen LogP contribution in [0, 0.1) is 0 Å². The first kappa shape index (κ1) is 15.5. The Morgan fingerprint density at radius 2 is 1.91 bits per heavy atom. The fourth-order valence-electron chi connectivity index (χ4n) is 2.22. The van der Waals surface area contributed by atoms with E-state index in [2.05, 4.69) is 5.32 Å². The Labute approximate surface area is 139 Å². The van der Waals surface area contributed by atoms with Gasteiger partial charge < -0.3 is 19.5 Å². The second-order valence-corrected chi connectivity index (χ2v) is 5.42. The van der Waals surface area contributed by atoms with Gasteiger partial charge in [-0.05, 0) is 30.3 Å². The van der Waals surface area contributed by atoms with E-state index >= 15 is 0 Å². The second kappa shape index (κ2) is 6.79. The van der Waals surface area contributed by atoms with Gasteiger partial charge in [-0.2, -0.15) is 0 Å². The Hall–Kier alpha value is -2.40. The SMILES string of the molecule is COc1ccc(NC(=O)c2ccc3c(c2)OCCCO3)c(Cl)c1. The fraction of sp³-hybridized carbons (Fsp3) is 0.235. The molecule has 1 aliphatic rings. The topological polar surface area (TPSA) is 56.8 Å². The molecule has 0 fully saturated rings. The van der Waals surface area contributed by atoms with Crippen molar-refractivity contribution in [1.29, 1.82) is 0 Å². The minimum Gasteiger partial charge on any atom is -0.497 e. The summed E-state index contributed by atoms with van der Waals surface area (Å²) in [6.07, 6.45) is 0.817. The van der Waals surface area contributed by atoms with Crippen molar-refractivity contribution in [2.75, 3.05) is 25.6 Å². The van der Waals surface area contributed by atoms with E-state index < -0.39 is 0 Å². The molecule has 2 aromatic carbocycles. The third-order valence-electron chi connectivity index (χ3n) is 3.43. The van der Waals surface area contributed by atoms with Gasteiger partial charge in [-0.3, -0.25) is 4.79 Å². The number of nitrogens with one attached hydrogen (secondary N) is 1. The highest BCUT2D eigenvalue weighted by molar-refractivity contribution is 6.34. The molecular weight excluding hydrogens is 318 g/mol. The highest BCUT2D eigenvalue weighted by Gasteiger charge is 2.15. The third-order valence-corrected chi connectivity index (χ3v) is 3.75. The Kier molecular flexibility index (Phi) is 4.57. The number of anilines is 1. The molecule has 120 valence electrons. The quantitative estimate of drug-likeness (QED) is 0.929. The van der Waals surface area contributed by atoms with Gasteiger partial charge in [0, 0.05) is 18.1 Å². The maximum atomic E-state index is 12.4. The average molecular weight is 334 g/mol. The number of amides is 1. The van der Waals surface area contributed by atoms with Crippen molar-refractivity contribution < 1.29 is 19.0 Å². The molecule has 0 spiro atoms. The molecule has 0 saturated heterocycles. The lowest BCUT2D eigenvalue weighted by Crippen LogP contribution is -2.12. The van der Waals surface area contributed by atoms with Gasteiger partial charge in [0.2, 0.25) is 0 Å². The summed E-state index contributed by atoms with van der Waals surface area (Å²) < 4.78 is 16.2. The minimum absolute atomic E-state index is 0.271. The second-order valence-electron chi connectivity index (χ2n) is 5.01. The van der Waals surface area contributed by atoms with Crippen LogP contribution in [0.15, 0.2) is 36.4 Å². The van der Waals surface area contributed by atoms with Gasteiger partial charge in [-0.1, -0.05) is 11.6 Å². The number of rotatable bonds is 3. The summed E-state index contributed by atoms with van der Waals surface area (Å²) in [6, 6.07) is 10.2. The number of benzene rings is 2. The van der Waals surface area contributed by atoms with Gasteiger partial charge in [-0.15, -0.1) is 0 Å². The van der Waals surface area contributed by atoms with Gasteiger partial charge in [0.25, 0.3) is 5.91 Å². The van der Waals surface area contributed by atoms with Crippen LogP contribution in [0.4, 0.5) is 5.69 Å². The molecule has 2 aromatic rings. The zero-order valence-electron chi connectivity index (χ0n) is 12.6. The Balaban J connectivity index is 1.79. The minimum atomic E-state index is -0.271. The van der Waals surface area contributed by atoms with Crippen molar-refractivity contribution in [1.82, 2.24) is 0 Å². The highest BCUT2D eigenvalue weighted by Crippen LogP contribution is 2.31. The third kappa shape index (κ3) is 3.51. The van der Waals surface area contributed by atoms with E-state index in [0.717, 1.165) is 6.42 Å². The van der Waals surface area contributed by atoms with Gasteiger partial charge in [0.15, 0.2) is 11.5 Å². The van der Waals surface area contributed by atoms with Crippen LogP contribution in [0.25, 0.3) is 0 Å². The lowest BCUT2D eigenvalue weighted by Gasteiger charge is -2.11. The van der Waals surface area contributed by atoms with Crippen LogP contribution >= 0.6 is 11.6 Å². The van der Waals surface area contributed by atoms with Gasteiger partial charge in [-0.25, -0.2) is 0 Å². The molecular formula is C17H16ClNO4. The maximum absolute atomic E-state index is 12.4. The smallest absolute Gasteiger partial charge is 0.255 e.